The molecule has 120 valence electrons. The third-order valence-electron chi connectivity index (χ3n) is 3.12. The van der Waals surface area contributed by atoms with Crippen LogP contribution in [0.25, 0.3) is 5.69 Å². The Morgan fingerprint density at radius 2 is 2.04 bits per heavy atom. The Kier molecular flexibility index (Phi) is 3.51. The number of aromatic nitrogens is 5. The Bertz CT molecular complexity index is 879. The zero-order valence-electron chi connectivity index (χ0n) is 11.4. The van der Waals surface area contributed by atoms with Crippen LogP contribution in [0.5, 0.6) is 0 Å². The molecule has 1 N–H and O–H groups in total. The second-order valence-electron chi connectivity index (χ2n) is 4.65. The van der Waals surface area contributed by atoms with Crippen molar-refractivity contribution in [2.45, 2.75) is 12.7 Å². The second-order valence-corrected chi connectivity index (χ2v) is 4.65. The van der Waals surface area contributed by atoms with Gasteiger partial charge in [0.2, 0.25) is 0 Å². The fourth-order valence-corrected chi connectivity index (χ4v) is 2.11. The first-order chi connectivity index (χ1) is 10.9. The molecule has 0 radical (unpaired) electrons. The van der Waals surface area contributed by atoms with Gasteiger partial charge in [-0.25, -0.2) is 18.9 Å². The number of nitrogens with one attached hydrogen (secondary N) is 1. The first-order valence-corrected chi connectivity index (χ1v) is 6.37. The Balaban J connectivity index is 2.09. The molecule has 0 aliphatic rings. The highest BCUT2D eigenvalue weighted by molar-refractivity contribution is 5.38. The summed E-state index contributed by atoms with van der Waals surface area (Å²) in [7, 11) is 0. The molecule has 0 unspecified atom stereocenters. The fraction of sp³-hybridized carbons (Fsp3) is 0.154. The van der Waals surface area contributed by atoms with Gasteiger partial charge in [0.15, 0.2) is 5.82 Å². The van der Waals surface area contributed by atoms with Gasteiger partial charge in [0.05, 0.1) is 11.3 Å². The van der Waals surface area contributed by atoms with Gasteiger partial charge in [0.1, 0.15) is 12.4 Å². The summed E-state index contributed by atoms with van der Waals surface area (Å²) in [6.07, 6.45) is -1.75. The van der Waals surface area contributed by atoms with Crippen molar-refractivity contribution in [2.24, 2.45) is 0 Å². The molecule has 1 aromatic carbocycles. The van der Waals surface area contributed by atoms with Crippen LogP contribution >= 0.6 is 0 Å². The maximum absolute atomic E-state index is 13.4. The second kappa shape index (κ2) is 5.38. The van der Waals surface area contributed by atoms with Crippen LogP contribution in [0.2, 0.25) is 0 Å². The van der Waals surface area contributed by atoms with Crippen molar-refractivity contribution >= 4 is 0 Å². The first-order valence-electron chi connectivity index (χ1n) is 6.37. The van der Waals surface area contributed by atoms with E-state index in [1.165, 1.54) is 10.9 Å². The number of benzene rings is 1. The van der Waals surface area contributed by atoms with Crippen LogP contribution in [0.15, 0.2) is 41.5 Å². The first kappa shape index (κ1) is 15.0. The average molecular weight is 327 g/mol. The number of halogens is 4. The van der Waals surface area contributed by atoms with E-state index in [1.807, 2.05) is 0 Å². The lowest BCUT2D eigenvalue weighted by atomic mass is 10.1. The molecule has 6 nitrogen and oxygen atoms in total. The van der Waals surface area contributed by atoms with E-state index in [-0.39, 0.29) is 18.1 Å². The predicted molar refractivity (Wildman–Crippen MR) is 70.5 cm³/mol. The summed E-state index contributed by atoms with van der Waals surface area (Å²) >= 11 is 0. The molecular formula is C13H9F4N5O. The van der Waals surface area contributed by atoms with Gasteiger partial charge in [0.25, 0.3) is 0 Å². The fourth-order valence-electron chi connectivity index (χ4n) is 2.11. The Morgan fingerprint density at radius 3 is 2.70 bits per heavy atom. The summed E-state index contributed by atoms with van der Waals surface area (Å²) in [6.45, 7) is 0.0600. The van der Waals surface area contributed by atoms with Gasteiger partial charge in [-0.15, -0.1) is 0 Å². The number of rotatable bonds is 3. The summed E-state index contributed by atoms with van der Waals surface area (Å²) in [6, 6.07) is 3.96. The lowest BCUT2D eigenvalue weighted by molar-refractivity contribution is -0.140. The smallest absolute Gasteiger partial charge is 0.265 e. The van der Waals surface area contributed by atoms with Crippen LogP contribution < -0.4 is 5.69 Å². The molecule has 0 aliphatic heterocycles. The highest BCUT2D eigenvalue weighted by Crippen LogP contribution is 2.32. The number of aromatic amines is 1. The van der Waals surface area contributed by atoms with Crippen molar-refractivity contribution in [1.82, 2.24) is 24.5 Å². The zero-order valence-corrected chi connectivity index (χ0v) is 11.4. The number of hydrogen-bond acceptors (Lipinski definition) is 3. The minimum atomic E-state index is -4.87. The highest BCUT2D eigenvalue weighted by atomic mass is 19.4. The van der Waals surface area contributed by atoms with Crippen molar-refractivity contribution in [3.05, 3.63) is 64.3 Å². The van der Waals surface area contributed by atoms with Crippen LogP contribution in [0, 0.1) is 5.82 Å². The molecular weight excluding hydrogens is 318 g/mol. The molecule has 0 aliphatic carbocycles. The van der Waals surface area contributed by atoms with E-state index in [4.69, 9.17) is 0 Å². The van der Waals surface area contributed by atoms with Gasteiger partial charge in [-0.05, 0) is 24.3 Å². The quantitative estimate of drug-likeness (QED) is 0.748. The standard InChI is InChI=1S/C13H9F4N5O/c14-10-3-2-8(6-9(10)13(15,16)17)22-11(19-20-12(22)23)7-21-5-1-4-18-21/h1-6H,7H2,(H,20,23). The van der Waals surface area contributed by atoms with E-state index in [1.54, 1.807) is 12.3 Å². The molecule has 2 heterocycles. The summed E-state index contributed by atoms with van der Waals surface area (Å²) in [5, 5.41) is 9.87. The third kappa shape index (κ3) is 2.87. The van der Waals surface area contributed by atoms with E-state index in [9.17, 15) is 22.4 Å². The number of hydrogen-bond donors (Lipinski definition) is 1. The SMILES string of the molecule is O=c1[nH]nc(Cn2cccn2)n1-c1ccc(F)c(C(F)(F)F)c1. The summed E-state index contributed by atoms with van der Waals surface area (Å²) < 4.78 is 54.2. The van der Waals surface area contributed by atoms with Crippen molar-refractivity contribution in [1.29, 1.82) is 0 Å². The average Bonchev–Trinajstić information content (AvgIpc) is 3.10. The molecule has 0 saturated carbocycles. The van der Waals surface area contributed by atoms with E-state index < -0.39 is 23.2 Å². The molecule has 0 bridgehead atoms. The van der Waals surface area contributed by atoms with E-state index >= 15 is 0 Å². The maximum Gasteiger partial charge on any atom is 0.419 e. The number of alkyl halides is 3. The third-order valence-corrected chi connectivity index (χ3v) is 3.12. The molecule has 0 spiro atoms. The van der Waals surface area contributed by atoms with E-state index in [0.29, 0.717) is 12.1 Å². The van der Waals surface area contributed by atoms with Gasteiger partial charge >= 0.3 is 11.9 Å². The Labute approximate surface area is 126 Å². The molecule has 23 heavy (non-hydrogen) atoms. The molecule has 0 fully saturated rings. The molecule has 0 atom stereocenters. The van der Waals surface area contributed by atoms with Gasteiger partial charge in [-0.1, -0.05) is 0 Å². The molecule has 0 amide bonds. The lowest BCUT2D eigenvalue weighted by Crippen LogP contribution is -2.19. The van der Waals surface area contributed by atoms with Gasteiger partial charge in [-0.3, -0.25) is 4.68 Å². The van der Waals surface area contributed by atoms with Crippen molar-refractivity contribution in [2.75, 3.05) is 0 Å². The number of H-pyrrole nitrogens is 1. The molecule has 3 rings (SSSR count). The van der Waals surface area contributed by atoms with E-state index in [2.05, 4.69) is 15.3 Å². The molecule has 10 heteroatoms. The van der Waals surface area contributed by atoms with Gasteiger partial charge in [0, 0.05) is 12.4 Å². The summed E-state index contributed by atoms with van der Waals surface area (Å²) in [5.74, 6) is -1.27. The predicted octanol–water partition coefficient (Wildman–Crippen LogP) is 1.96. The molecule has 0 saturated heterocycles. The van der Waals surface area contributed by atoms with Crippen LogP contribution in [0.4, 0.5) is 17.6 Å². The Hall–Kier alpha value is -2.91. The minimum Gasteiger partial charge on any atom is -0.265 e. The van der Waals surface area contributed by atoms with Crippen LogP contribution in [0.3, 0.4) is 0 Å². The van der Waals surface area contributed by atoms with Crippen molar-refractivity contribution < 1.29 is 17.6 Å². The minimum absolute atomic E-state index is 0.0600. The molecule has 3 aromatic rings. The van der Waals surface area contributed by atoms with Crippen LogP contribution in [-0.4, -0.2) is 24.5 Å². The monoisotopic (exact) mass is 327 g/mol. The van der Waals surface area contributed by atoms with Crippen LogP contribution in [-0.2, 0) is 12.7 Å². The van der Waals surface area contributed by atoms with Crippen molar-refractivity contribution in [3.8, 4) is 5.69 Å². The van der Waals surface area contributed by atoms with Gasteiger partial charge in [-0.2, -0.15) is 23.4 Å². The summed E-state index contributed by atoms with van der Waals surface area (Å²) in [4.78, 5) is 11.9. The maximum atomic E-state index is 13.4. The highest BCUT2D eigenvalue weighted by Gasteiger charge is 2.34. The van der Waals surface area contributed by atoms with Crippen LogP contribution in [0.1, 0.15) is 11.4 Å². The zero-order chi connectivity index (χ0) is 16.6. The summed E-state index contributed by atoms with van der Waals surface area (Å²) in [5.41, 5.74) is -2.32. The Morgan fingerprint density at radius 1 is 1.26 bits per heavy atom. The topological polar surface area (TPSA) is 68.5 Å². The largest absolute Gasteiger partial charge is 0.419 e. The van der Waals surface area contributed by atoms with Gasteiger partial charge < -0.3 is 0 Å². The molecule has 2 aromatic heterocycles. The van der Waals surface area contributed by atoms with E-state index in [0.717, 1.165) is 10.6 Å². The lowest BCUT2D eigenvalue weighted by Gasteiger charge is -2.11. The normalized spacial score (nSPS) is 11.8. The number of nitrogens with zero attached hydrogens (tertiary/aromatic N) is 4. The van der Waals surface area contributed by atoms with Crippen molar-refractivity contribution in [3.63, 3.8) is 0 Å².